The van der Waals surface area contributed by atoms with Crippen LogP contribution in [0.4, 0.5) is 10.5 Å². The van der Waals surface area contributed by atoms with E-state index in [9.17, 15) is 4.79 Å². The third kappa shape index (κ3) is 2.80. The number of amides is 2. The first kappa shape index (κ1) is 14.6. The second kappa shape index (κ2) is 5.92. The summed E-state index contributed by atoms with van der Waals surface area (Å²) in [6.45, 7) is 2.65. The number of aromatic nitrogens is 4. The van der Waals surface area contributed by atoms with Gasteiger partial charge in [-0.3, -0.25) is 4.98 Å². The van der Waals surface area contributed by atoms with E-state index < -0.39 is 0 Å². The van der Waals surface area contributed by atoms with Crippen LogP contribution in [0, 0.1) is 6.92 Å². The van der Waals surface area contributed by atoms with Crippen molar-refractivity contribution in [1.29, 1.82) is 0 Å². The second-order valence-corrected chi connectivity index (χ2v) is 6.08. The Balaban J connectivity index is 1.49. The minimum atomic E-state index is -0.221. The number of aryl methyl sites for hydroxylation is 2. The van der Waals surface area contributed by atoms with Crippen LogP contribution < -0.4 is 10.6 Å². The number of benzene rings is 1. The van der Waals surface area contributed by atoms with Gasteiger partial charge in [0.1, 0.15) is 12.2 Å². The lowest BCUT2D eigenvalue weighted by molar-refractivity contribution is 0.243. The van der Waals surface area contributed by atoms with E-state index in [0.717, 1.165) is 40.8 Å². The number of nitrogens with zero attached hydrogens (tertiary/aromatic N) is 4. The molecular formula is C17H18N6O. The molecule has 3 heterocycles. The monoisotopic (exact) mass is 322 g/mol. The van der Waals surface area contributed by atoms with E-state index in [-0.39, 0.29) is 12.1 Å². The van der Waals surface area contributed by atoms with E-state index >= 15 is 0 Å². The van der Waals surface area contributed by atoms with Crippen LogP contribution in [0.5, 0.6) is 0 Å². The van der Waals surface area contributed by atoms with E-state index in [1.807, 2.05) is 29.8 Å². The molecule has 3 aromatic rings. The molecular weight excluding hydrogens is 304 g/mol. The lowest BCUT2D eigenvalue weighted by Gasteiger charge is -2.23. The second-order valence-electron chi connectivity index (χ2n) is 6.08. The minimum absolute atomic E-state index is 0.0447. The van der Waals surface area contributed by atoms with Gasteiger partial charge < -0.3 is 10.6 Å². The first-order valence-electron chi connectivity index (χ1n) is 7.98. The van der Waals surface area contributed by atoms with Gasteiger partial charge in [0, 0.05) is 18.0 Å². The zero-order valence-corrected chi connectivity index (χ0v) is 13.4. The van der Waals surface area contributed by atoms with Gasteiger partial charge in [0.15, 0.2) is 0 Å². The number of nitrogens with one attached hydrogen (secondary N) is 2. The van der Waals surface area contributed by atoms with Crippen molar-refractivity contribution in [1.82, 2.24) is 25.1 Å². The molecule has 0 spiro atoms. The highest BCUT2D eigenvalue weighted by Gasteiger charge is 2.21. The van der Waals surface area contributed by atoms with Crippen LogP contribution in [0.15, 0.2) is 36.8 Å². The molecule has 4 rings (SSSR count). The average Bonchev–Trinajstić information content (AvgIpc) is 3.02. The zero-order valence-electron chi connectivity index (χ0n) is 13.4. The first-order chi connectivity index (χ1) is 11.7. The van der Waals surface area contributed by atoms with Gasteiger partial charge in [-0.05, 0) is 37.1 Å². The summed E-state index contributed by atoms with van der Waals surface area (Å²) >= 11 is 0. The predicted molar refractivity (Wildman–Crippen MR) is 90.8 cm³/mol. The molecule has 2 amide bonds. The van der Waals surface area contributed by atoms with Crippen molar-refractivity contribution < 1.29 is 4.79 Å². The van der Waals surface area contributed by atoms with Crippen LogP contribution in [0.25, 0.3) is 10.9 Å². The van der Waals surface area contributed by atoms with Gasteiger partial charge in [-0.2, -0.15) is 5.10 Å². The van der Waals surface area contributed by atoms with Crippen molar-refractivity contribution in [3.8, 4) is 0 Å². The number of rotatable bonds is 2. The molecule has 0 fully saturated rings. The van der Waals surface area contributed by atoms with Gasteiger partial charge >= 0.3 is 6.03 Å². The number of hydrogen-bond acceptors (Lipinski definition) is 4. The van der Waals surface area contributed by atoms with Crippen molar-refractivity contribution in [2.75, 3.05) is 5.32 Å². The molecule has 0 saturated heterocycles. The van der Waals surface area contributed by atoms with Crippen molar-refractivity contribution in [3.05, 3.63) is 48.2 Å². The highest BCUT2D eigenvalue weighted by Crippen LogP contribution is 2.23. The van der Waals surface area contributed by atoms with Crippen LogP contribution in [-0.2, 0) is 13.0 Å². The third-order valence-corrected chi connectivity index (χ3v) is 4.24. The number of carbonyl (C=O) groups excluding carboxylic acids is 1. The van der Waals surface area contributed by atoms with E-state index in [1.54, 1.807) is 12.5 Å². The van der Waals surface area contributed by atoms with Crippen molar-refractivity contribution in [2.45, 2.75) is 32.4 Å². The number of fused-ring (bicyclic) bond motifs is 2. The number of hydrogen-bond donors (Lipinski definition) is 2. The maximum Gasteiger partial charge on any atom is 0.319 e. The van der Waals surface area contributed by atoms with E-state index in [0.29, 0.717) is 6.54 Å². The Bertz CT molecular complexity index is 903. The smallest absolute Gasteiger partial charge is 0.319 e. The molecule has 0 bridgehead atoms. The fraction of sp³-hybridized carbons (Fsp3) is 0.294. The van der Waals surface area contributed by atoms with Crippen molar-refractivity contribution >= 4 is 22.6 Å². The third-order valence-electron chi connectivity index (χ3n) is 4.24. The maximum atomic E-state index is 12.4. The fourth-order valence-electron chi connectivity index (χ4n) is 3.14. The Hall–Kier alpha value is -2.96. The molecule has 1 unspecified atom stereocenters. The SMILES string of the molecule is Cc1cc(NC(=O)NC2CCc3ncnn3C2)c2ncccc2c1. The molecule has 0 saturated carbocycles. The lowest BCUT2D eigenvalue weighted by atomic mass is 10.1. The van der Waals surface area contributed by atoms with Crippen LogP contribution in [0.3, 0.4) is 0 Å². The average molecular weight is 322 g/mol. The molecule has 1 aromatic carbocycles. The normalized spacial score (nSPS) is 16.6. The molecule has 1 aliphatic heterocycles. The predicted octanol–water partition coefficient (Wildman–Crippen LogP) is 2.27. The fourth-order valence-corrected chi connectivity index (χ4v) is 3.14. The zero-order chi connectivity index (χ0) is 16.5. The summed E-state index contributed by atoms with van der Waals surface area (Å²) in [7, 11) is 0. The standard InChI is InChI=1S/C17H18N6O/c1-11-7-12-3-2-6-18-16(12)14(8-11)22-17(24)21-13-4-5-15-19-10-20-23(15)9-13/h2-3,6-8,10,13H,4-5,9H2,1H3,(H2,21,22,24). The Kier molecular flexibility index (Phi) is 3.60. The van der Waals surface area contributed by atoms with Gasteiger partial charge in [-0.25, -0.2) is 14.5 Å². The van der Waals surface area contributed by atoms with Crippen LogP contribution in [0.2, 0.25) is 0 Å². The molecule has 2 N–H and O–H groups in total. The number of pyridine rings is 1. The van der Waals surface area contributed by atoms with Gasteiger partial charge in [0.05, 0.1) is 23.8 Å². The van der Waals surface area contributed by atoms with Gasteiger partial charge in [-0.15, -0.1) is 0 Å². The molecule has 0 radical (unpaired) electrons. The summed E-state index contributed by atoms with van der Waals surface area (Å²) in [5.41, 5.74) is 2.59. The molecule has 0 aliphatic carbocycles. The topological polar surface area (TPSA) is 84.7 Å². The molecule has 2 aromatic heterocycles. The van der Waals surface area contributed by atoms with Crippen molar-refractivity contribution in [2.24, 2.45) is 0 Å². The molecule has 7 heteroatoms. The summed E-state index contributed by atoms with van der Waals surface area (Å²) in [4.78, 5) is 21.0. The molecule has 7 nitrogen and oxygen atoms in total. The number of urea groups is 1. The van der Waals surface area contributed by atoms with Crippen LogP contribution >= 0.6 is 0 Å². The summed E-state index contributed by atoms with van der Waals surface area (Å²) in [5.74, 6) is 0.974. The molecule has 122 valence electrons. The lowest BCUT2D eigenvalue weighted by Crippen LogP contribution is -2.43. The Morgan fingerprint density at radius 1 is 1.33 bits per heavy atom. The Labute approximate surface area is 139 Å². The van der Waals surface area contributed by atoms with Gasteiger partial charge in [0.25, 0.3) is 0 Å². The summed E-state index contributed by atoms with van der Waals surface area (Å²) in [5, 5.41) is 11.1. The highest BCUT2D eigenvalue weighted by molar-refractivity contribution is 6.00. The van der Waals surface area contributed by atoms with E-state index in [1.165, 1.54) is 0 Å². The minimum Gasteiger partial charge on any atom is -0.333 e. The molecule has 1 atom stereocenters. The van der Waals surface area contributed by atoms with Gasteiger partial charge in [0.2, 0.25) is 0 Å². The molecule has 1 aliphatic rings. The first-order valence-corrected chi connectivity index (χ1v) is 7.98. The van der Waals surface area contributed by atoms with Crippen LogP contribution in [0.1, 0.15) is 17.8 Å². The van der Waals surface area contributed by atoms with E-state index in [2.05, 4.69) is 31.8 Å². The summed E-state index contributed by atoms with van der Waals surface area (Å²) in [6, 6.07) is 7.70. The van der Waals surface area contributed by atoms with Crippen molar-refractivity contribution in [3.63, 3.8) is 0 Å². The number of carbonyl (C=O) groups is 1. The number of anilines is 1. The Morgan fingerprint density at radius 3 is 3.17 bits per heavy atom. The quantitative estimate of drug-likeness (QED) is 0.758. The summed E-state index contributed by atoms with van der Waals surface area (Å²) < 4.78 is 1.85. The van der Waals surface area contributed by atoms with Gasteiger partial charge in [-0.1, -0.05) is 6.07 Å². The highest BCUT2D eigenvalue weighted by atomic mass is 16.2. The van der Waals surface area contributed by atoms with E-state index in [4.69, 9.17) is 0 Å². The molecule has 24 heavy (non-hydrogen) atoms. The largest absolute Gasteiger partial charge is 0.333 e. The Morgan fingerprint density at radius 2 is 2.25 bits per heavy atom. The maximum absolute atomic E-state index is 12.4. The summed E-state index contributed by atoms with van der Waals surface area (Å²) in [6.07, 6.45) is 4.97. The van der Waals surface area contributed by atoms with Crippen LogP contribution in [-0.4, -0.2) is 31.8 Å².